The molecular formula is C14H14ClN3O. The average Bonchev–Trinajstić information content (AvgIpc) is 3.00. The van der Waals surface area contributed by atoms with Crippen LogP contribution in [-0.2, 0) is 6.54 Å². The van der Waals surface area contributed by atoms with Crippen molar-refractivity contribution in [3.05, 3.63) is 60.5 Å². The summed E-state index contributed by atoms with van der Waals surface area (Å²) in [6.45, 7) is 0.700. The molecule has 0 bridgehead atoms. The van der Waals surface area contributed by atoms with Crippen molar-refractivity contribution < 1.29 is 4.42 Å². The highest BCUT2D eigenvalue weighted by Crippen LogP contribution is 2.24. The Bertz CT molecular complexity index is 632. The molecule has 0 aliphatic carbocycles. The number of benzene rings is 1. The third-order valence-electron chi connectivity index (χ3n) is 2.73. The van der Waals surface area contributed by atoms with Crippen LogP contribution in [0.2, 0.25) is 0 Å². The van der Waals surface area contributed by atoms with Crippen molar-refractivity contribution in [2.45, 2.75) is 6.54 Å². The van der Waals surface area contributed by atoms with Gasteiger partial charge in [-0.2, -0.15) is 5.10 Å². The monoisotopic (exact) mass is 275 g/mol. The molecule has 0 fully saturated rings. The van der Waals surface area contributed by atoms with Crippen LogP contribution < -0.4 is 5.73 Å². The van der Waals surface area contributed by atoms with Gasteiger partial charge >= 0.3 is 0 Å². The summed E-state index contributed by atoms with van der Waals surface area (Å²) in [5, 5.41) is 4.45. The van der Waals surface area contributed by atoms with Gasteiger partial charge in [-0.1, -0.05) is 30.3 Å². The summed E-state index contributed by atoms with van der Waals surface area (Å²) in [5.41, 5.74) is 8.45. The summed E-state index contributed by atoms with van der Waals surface area (Å²) in [6.07, 6.45) is 3.44. The molecule has 0 saturated carbocycles. The number of aromatic nitrogens is 2. The third-order valence-corrected chi connectivity index (χ3v) is 2.73. The topological polar surface area (TPSA) is 57.0 Å². The Kier molecular flexibility index (Phi) is 3.92. The van der Waals surface area contributed by atoms with Gasteiger partial charge in [0.25, 0.3) is 0 Å². The maximum atomic E-state index is 5.94. The number of nitrogen functional groups attached to an aromatic ring is 1. The van der Waals surface area contributed by atoms with Crippen LogP contribution in [0.1, 0.15) is 5.56 Å². The van der Waals surface area contributed by atoms with Crippen molar-refractivity contribution in [1.82, 2.24) is 9.78 Å². The van der Waals surface area contributed by atoms with Gasteiger partial charge in [0.05, 0.1) is 18.5 Å². The molecule has 0 aliphatic rings. The SMILES string of the molecule is Cl.Nc1cn(Cc2ccccc2)nc1-c1ccco1. The summed E-state index contributed by atoms with van der Waals surface area (Å²) >= 11 is 0. The summed E-state index contributed by atoms with van der Waals surface area (Å²) in [5.74, 6) is 0.694. The van der Waals surface area contributed by atoms with E-state index in [1.807, 2.05) is 41.2 Å². The Hall–Kier alpha value is -2.20. The standard InChI is InChI=1S/C14H13N3O.ClH/c15-12-10-17(9-11-5-2-1-3-6-11)16-14(12)13-7-4-8-18-13;/h1-8,10H,9,15H2;1H. The van der Waals surface area contributed by atoms with E-state index in [4.69, 9.17) is 10.2 Å². The van der Waals surface area contributed by atoms with Crippen molar-refractivity contribution in [2.75, 3.05) is 5.73 Å². The van der Waals surface area contributed by atoms with E-state index >= 15 is 0 Å². The number of nitrogens with two attached hydrogens (primary N) is 1. The van der Waals surface area contributed by atoms with E-state index in [-0.39, 0.29) is 12.4 Å². The van der Waals surface area contributed by atoms with Gasteiger partial charge in [-0.25, -0.2) is 0 Å². The molecular weight excluding hydrogens is 262 g/mol. The Labute approximate surface area is 117 Å². The van der Waals surface area contributed by atoms with E-state index in [9.17, 15) is 0 Å². The smallest absolute Gasteiger partial charge is 0.156 e. The second kappa shape index (κ2) is 5.63. The molecule has 3 aromatic rings. The molecule has 2 N–H and O–H groups in total. The van der Waals surface area contributed by atoms with Gasteiger partial charge in [0.2, 0.25) is 0 Å². The number of halogens is 1. The first kappa shape index (κ1) is 13.2. The first-order chi connectivity index (χ1) is 8.83. The Morgan fingerprint density at radius 1 is 1.11 bits per heavy atom. The molecule has 0 amide bonds. The first-order valence-electron chi connectivity index (χ1n) is 5.73. The number of furan rings is 1. The highest BCUT2D eigenvalue weighted by Gasteiger charge is 2.10. The van der Waals surface area contributed by atoms with Crippen LogP contribution in [0.15, 0.2) is 59.3 Å². The molecule has 0 aliphatic heterocycles. The normalized spacial score (nSPS) is 10.1. The third kappa shape index (κ3) is 2.80. The number of nitrogens with zero attached hydrogens (tertiary/aromatic N) is 2. The maximum absolute atomic E-state index is 5.94. The van der Waals surface area contributed by atoms with Crippen LogP contribution in [0, 0.1) is 0 Å². The van der Waals surface area contributed by atoms with E-state index in [2.05, 4.69) is 17.2 Å². The lowest BCUT2D eigenvalue weighted by Gasteiger charge is -2.00. The molecule has 2 aromatic heterocycles. The van der Waals surface area contributed by atoms with Gasteiger partial charge in [0, 0.05) is 6.20 Å². The molecule has 0 atom stereocenters. The molecule has 0 unspecified atom stereocenters. The molecule has 5 heteroatoms. The first-order valence-corrected chi connectivity index (χ1v) is 5.73. The summed E-state index contributed by atoms with van der Waals surface area (Å²) in [4.78, 5) is 0. The molecule has 4 nitrogen and oxygen atoms in total. The van der Waals surface area contributed by atoms with Gasteiger partial charge in [0.15, 0.2) is 11.5 Å². The molecule has 2 heterocycles. The lowest BCUT2D eigenvalue weighted by atomic mass is 10.2. The fourth-order valence-electron chi connectivity index (χ4n) is 1.89. The van der Waals surface area contributed by atoms with Crippen molar-refractivity contribution in [3.8, 4) is 11.5 Å². The largest absolute Gasteiger partial charge is 0.463 e. The van der Waals surface area contributed by atoms with Crippen LogP contribution in [-0.4, -0.2) is 9.78 Å². The van der Waals surface area contributed by atoms with Crippen molar-refractivity contribution in [2.24, 2.45) is 0 Å². The van der Waals surface area contributed by atoms with Gasteiger partial charge in [0.1, 0.15) is 0 Å². The fourth-order valence-corrected chi connectivity index (χ4v) is 1.89. The second-order valence-electron chi connectivity index (χ2n) is 4.09. The zero-order valence-electron chi connectivity index (χ0n) is 10.2. The van der Waals surface area contributed by atoms with Crippen LogP contribution in [0.4, 0.5) is 5.69 Å². The minimum absolute atomic E-state index is 0. The van der Waals surface area contributed by atoms with E-state index in [0.29, 0.717) is 23.7 Å². The van der Waals surface area contributed by atoms with Crippen LogP contribution >= 0.6 is 12.4 Å². The molecule has 0 spiro atoms. The molecule has 0 radical (unpaired) electrons. The van der Waals surface area contributed by atoms with Crippen molar-refractivity contribution >= 4 is 18.1 Å². The highest BCUT2D eigenvalue weighted by atomic mass is 35.5. The van der Waals surface area contributed by atoms with Crippen LogP contribution in [0.3, 0.4) is 0 Å². The predicted octanol–water partition coefficient (Wildman–Crippen LogP) is 3.20. The summed E-state index contributed by atoms with van der Waals surface area (Å²) < 4.78 is 7.13. The number of rotatable bonds is 3. The second-order valence-corrected chi connectivity index (χ2v) is 4.09. The minimum atomic E-state index is 0. The molecule has 3 rings (SSSR count). The van der Waals surface area contributed by atoms with E-state index in [1.54, 1.807) is 6.26 Å². The molecule has 0 saturated heterocycles. The Balaban J connectivity index is 0.00000133. The quantitative estimate of drug-likeness (QED) is 0.799. The zero-order valence-corrected chi connectivity index (χ0v) is 11.0. The molecule has 19 heavy (non-hydrogen) atoms. The van der Waals surface area contributed by atoms with Crippen molar-refractivity contribution in [1.29, 1.82) is 0 Å². The Morgan fingerprint density at radius 3 is 2.58 bits per heavy atom. The Morgan fingerprint density at radius 2 is 1.89 bits per heavy atom. The lowest BCUT2D eigenvalue weighted by Crippen LogP contribution is -1.99. The lowest BCUT2D eigenvalue weighted by molar-refractivity contribution is 0.576. The number of anilines is 1. The minimum Gasteiger partial charge on any atom is -0.463 e. The van der Waals surface area contributed by atoms with E-state index in [0.717, 1.165) is 0 Å². The average molecular weight is 276 g/mol. The van der Waals surface area contributed by atoms with Gasteiger partial charge < -0.3 is 10.2 Å². The van der Waals surface area contributed by atoms with Gasteiger partial charge in [-0.3, -0.25) is 4.68 Å². The van der Waals surface area contributed by atoms with Crippen molar-refractivity contribution in [3.63, 3.8) is 0 Å². The zero-order chi connectivity index (χ0) is 12.4. The highest BCUT2D eigenvalue weighted by molar-refractivity contribution is 5.85. The maximum Gasteiger partial charge on any atom is 0.156 e. The van der Waals surface area contributed by atoms with Gasteiger partial charge in [-0.05, 0) is 17.7 Å². The molecule has 98 valence electrons. The predicted molar refractivity (Wildman–Crippen MR) is 77.1 cm³/mol. The number of hydrogen-bond donors (Lipinski definition) is 1. The summed E-state index contributed by atoms with van der Waals surface area (Å²) in [6, 6.07) is 13.8. The fraction of sp³-hybridized carbons (Fsp3) is 0.0714. The van der Waals surface area contributed by atoms with E-state index in [1.165, 1.54) is 5.56 Å². The van der Waals surface area contributed by atoms with Crippen LogP contribution in [0.5, 0.6) is 0 Å². The van der Waals surface area contributed by atoms with E-state index < -0.39 is 0 Å². The van der Waals surface area contributed by atoms with Gasteiger partial charge in [-0.15, -0.1) is 12.4 Å². The number of hydrogen-bond acceptors (Lipinski definition) is 3. The molecule has 1 aromatic carbocycles. The van der Waals surface area contributed by atoms with Crippen LogP contribution in [0.25, 0.3) is 11.5 Å². The summed E-state index contributed by atoms with van der Waals surface area (Å²) in [7, 11) is 0.